The molecule has 0 spiro atoms. The van der Waals surface area contributed by atoms with Crippen LogP contribution in [-0.2, 0) is 11.4 Å². The number of hydrogen-bond acceptors (Lipinski definition) is 3. The number of ether oxygens (including phenoxy) is 1. The number of para-hydroxylation sites is 1. The first kappa shape index (κ1) is 19.3. The molecule has 1 aliphatic carbocycles. The van der Waals surface area contributed by atoms with Crippen LogP contribution in [0.1, 0.15) is 34.4 Å². The van der Waals surface area contributed by atoms with E-state index in [2.05, 4.69) is 47.4 Å². The van der Waals surface area contributed by atoms with Crippen molar-refractivity contribution < 1.29 is 9.53 Å². The maximum absolute atomic E-state index is 13.3. The van der Waals surface area contributed by atoms with Gasteiger partial charge in [0, 0.05) is 23.8 Å². The van der Waals surface area contributed by atoms with Gasteiger partial charge in [-0.05, 0) is 29.5 Å². The summed E-state index contributed by atoms with van der Waals surface area (Å²) in [5, 5.41) is 0.0292. The molecule has 0 aromatic heterocycles. The molecule has 3 aromatic rings. The molecule has 2 fully saturated rings. The van der Waals surface area contributed by atoms with Crippen molar-refractivity contribution in [3.8, 4) is 5.75 Å². The number of benzene rings is 3. The summed E-state index contributed by atoms with van der Waals surface area (Å²) < 4.78 is 6.18. The number of carbonyl (C=O) groups is 1. The van der Waals surface area contributed by atoms with Gasteiger partial charge in [0.15, 0.2) is 0 Å². The zero-order valence-electron chi connectivity index (χ0n) is 16.8. The monoisotopic (exact) mass is 415 g/mol. The Bertz CT molecular complexity index is 1010. The van der Waals surface area contributed by atoms with E-state index in [9.17, 15) is 4.79 Å². The average molecular weight is 416 g/mol. The minimum Gasteiger partial charge on any atom is -0.489 e. The normalized spacial score (nSPS) is 22.7. The summed E-state index contributed by atoms with van der Waals surface area (Å²) in [5.74, 6) is 2.61. The number of hydrogen-bond donors (Lipinski definition) is 0. The molecule has 1 aliphatic heterocycles. The summed E-state index contributed by atoms with van der Waals surface area (Å²) in [6, 6.07) is 28.8. The van der Waals surface area contributed by atoms with Crippen molar-refractivity contribution in [2.24, 2.45) is 5.92 Å². The van der Waals surface area contributed by atoms with Gasteiger partial charge in [-0.15, -0.1) is 11.8 Å². The minimum absolute atomic E-state index is 0.0292. The molecule has 2 aliphatic rings. The maximum Gasteiger partial charge on any atom is 0.227 e. The van der Waals surface area contributed by atoms with E-state index in [1.165, 1.54) is 5.56 Å². The van der Waals surface area contributed by atoms with Crippen LogP contribution in [0.2, 0.25) is 0 Å². The first-order valence-electron chi connectivity index (χ1n) is 10.5. The van der Waals surface area contributed by atoms with E-state index in [0.29, 0.717) is 12.5 Å². The number of thioether (sulfide) groups is 1. The van der Waals surface area contributed by atoms with E-state index in [4.69, 9.17) is 4.74 Å². The van der Waals surface area contributed by atoms with Gasteiger partial charge >= 0.3 is 0 Å². The molecule has 1 heterocycles. The zero-order valence-corrected chi connectivity index (χ0v) is 17.6. The molecule has 0 N–H and O–H groups in total. The molecule has 3 nitrogen and oxygen atoms in total. The number of amides is 1. The lowest BCUT2D eigenvalue weighted by molar-refractivity contribution is -0.132. The topological polar surface area (TPSA) is 29.5 Å². The molecule has 1 amide bonds. The van der Waals surface area contributed by atoms with E-state index in [1.807, 2.05) is 54.2 Å². The standard InChI is InChI=1S/C26H25NO2S/c28-25(23-17-22(23)20-11-5-2-6-12-20)27-15-16-30-26(27)21-13-7-8-14-24(21)29-18-19-9-3-1-4-10-19/h1-14,22-23,26H,15-18H2. The third kappa shape index (κ3) is 3.97. The first-order chi connectivity index (χ1) is 14.8. The van der Waals surface area contributed by atoms with Gasteiger partial charge in [-0.3, -0.25) is 4.79 Å². The fourth-order valence-electron chi connectivity index (χ4n) is 4.25. The van der Waals surface area contributed by atoms with Gasteiger partial charge in [0.25, 0.3) is 0 Å². The molecule has 1 saturated carbocycles. The van der Waals surface area contributed by atoms with Crippen molar-refractivity contribution in [3.05, 3.63) is 102 Å². The minimum atomic E-state index is 0.0292. The molecular weight excluding hydrogens is 390 g/mol. The van der Waals surface area contributed by atoms with Crippen LogP contribution in [0.4, 0.5) is 0 Å². The second-order valence-corrected chi connectivity index (χ2v) is 9.11. The Hall–Kier alpha value is -2.72. The lowest BCUT2D eigenvalue weighted by atomic mass is 10.1. The predicted molar refractivity (Wildman–Crippen MR) is 121 cm³/mol. The summed E-state index contributed by atoms with van der Waals surface area (Å²) >= 11 is 1.84. The SMILES string of the molecule is O=C(C1CC1c1ccccc1)N1CCSC1c1ccccc1OCc1ccccc1. The summed E-state index contributed by atoms with van der Waals surface area (Å²) in [6.45, 7) is 1.33. The molecule has 3 aromatic carbocycles. The third-order valence-electron chi connectivity index (χ3n) is 5.93. The summed E-state index contributed by atoms with van der Waals surface area (Å²) in [5.41, 5.74) is 3.52. The second kappa shape index (κ2) is 8.57. The number of carbonyl (C=O) groups excluding carboxylic acids is 1. The Kier molecular flexibility index (Phi) is 5.50. The molecule has 5 rings (SSSR count). The molecule has 152 valence electrons. The van der Waals surface area contributed by atoms with Crippen LogP contribution >= 0.6 is 11.8 Å². The average Bonchev–Trinajstić information content (AvgIpc) is 3.47. The fraction of sp³-hybridized carbons (Fsp3) is 0.269. The third-order valence-corrected chi connectivity index (χ3v) is 7.17. The highest BCUT2D eigenvalue weighted by Crippen LogP contribution is 2.51. The van der Waals surface area contributed by atoms with Gasteiger partial charge in [-0.2, -0.15) is 0 Å². The Labute approximate surface area is 182 Å². The smallest absolute Gasteiger partial charge is 0.227 e. The number of rotatable bonds is 6. The van der Waals surface area contributed by atoms with E-state index in [1.54, 1.807) is 0 Å². The lowest BCUT2D eigenvalue weighted by Crippen LogP contribution is -2.32. The molecule has 4 heteroatoms. The fourth-order valence-corrected chi connectivity index (χ4v) is 5.54. The van der Waals surface area contributed by atoms with E-state index in [0.717, 1.165) is 35.6 Å². The Morgan fingerprint density at radius 2 is 1.63 bits per heavy atom. The molecular formula is C26H25NO2S. The van der Waals surface area contributed by atoms with Crippen LogP contribution in [0.25, 0.3) is 0 Å². The summed E-state index contributed by atoms with van der Waals surface area (Å²) in [4.78, 5) is 15.4. The molecule has 3 unspecified atom stereocenters. The molecule has 0 radical (unpaired) electrons. The largest absolute Gasteiger partial charge is 0.489 e. The highest BCUT2D eigenvalue weighted by Gasteiger charge is 2.48. The van der Waals surface area contributed by atoms with E-state index >= 15 is 0 Å². The predicted octanol–water partition coefficient (Wildman–Crippen LogP) is 5.64. The van der Waals surface area contributed by atoms with Gasteiger partial charge in [-0.25, -0.2) is 0 Å². The first-order valence-corrected chi connectivity index (χ1v) is 11.6. The molecule has 3 atom stereocenters. The van der Waals surface area contributed by atoms with Gasteiger partial charge in [0.05, 0.1) is 0 Å². The van der Waals surface area contributed by atoms with Crippen molar-refractivity contribution >= 4 is 17.7 Å². The molecule has 1 saturated heterocycles. The Morgan fingerprint density at radius 1 is 0.933 bits per heavy atom. The maximum atomic E-state index is 13.3. The Balaban J connectivity index is 1.31. The van der Waals surface area contributed by atoms with Crippen LogP contribution in [0.15, 0.2) is 84.9 Å². The summed E-state index contributed by atoms with van der Waals surface area (Å²) in [7, 11) is 0. The van der Waals surface area contributed by atoms with Crippen molar-refractivity contribution in [3.63, 3.8) is 0 Å². The van der Waals surface area contributed by atoms with Crippen molar-refractivity contribution in [1.82, 2.24) is 4.90 Å². The second-order valence-electron chi connectivity index (χ2n) is 7.93. The van der Waals surface area contributed by atoms with Gasteiger partial charge in [-0.1, -0.05) is 78.9 Å². The quantitative estimate of drug-likeness (QED) is 0.521. The van der Waals surface area contributed by atoms with E-state index < -0.39 is 0 Å². The van der Waals surface area contributed by atoms with Gasteiger partial charge in [0.2, 0.25) is 5.91 Å². The highest BCUT2D eigenvalue weighted by atomic mass is 32.2. The van der Waals surface area contributed by atoms with Crippen LogP contribution in [0, 0.1) is 5.92 Å². The van der Waals surface area contributed by atoms with Crippen molar-refractivity contribution in [1.29, 1.82) is 0 Å². The highest BCUT2D eigenvalue weighted by molar-refractivity contribution is 7.99. The van der Waals surface area contributed by atoms with Crippen molar-refractivity contribution in [2.75, 3.05) is 12.3 Å². The zero-order chi connectivity index (χ0) is 20.3. The van der Waals surface area contributed by atoms with Gasteiger partial charge < -0.3 is 9.64 Å². The van der Waals surface area contributed by atoms with Crippen LogP contribution in [0.5, 0.6) is 5.75 Å². The van der Waals surface area contributed by atoms with Crippen LogP contribution < -0.4 is 4.74 Å². The molecule has 0 bridgehead atoms. The molecule has 30 heavy (non-hydrogen) atoms. The van der Waals surface area contributed by atoms with E-state index in [-0.39, 0.29) is 17.2 Å². The van der Waals surface area contributed by atoms with Crippen molar-refractivity contribution in [2.45, 2.75) is 24.3 Å². The van der Waals surface area contributed by atoms with Crippen LogP contribution in [0.3, 0.4) is 0 Å². The number of nitrogens with zero attached hydrogens (tertiary/aromatic N) is 1. The lowest BCUT2D eigenvalue weighted by Gasteiger charge is -2.26. The summed E-state index contributed by atoms with van der Waals surface area (Å²) in [6.07, 6.45) is 0.961. The van der Waals surface area contributed by atoms with Crippen LogP contribution in [-0.4, -0.2) is 23.1 Å². The Morgan fingerprint density at radius 3 is 2.43 bits per heavy atom. The van der Waals surface area contributed by atoms with Gasteiger partial charge in [0.1, 0.15) is 17.7 Å².